The van der Waals surface area contributed by atoms with Crippen LogP contribution in [0.25, 0.3) is 0 Å². The fraction of sp³-hybridized carbons (Fsp3) is 0.714. The Balaban J connectivity index is 2.77. The lowest BCUT2D eigenvalue weighted by atomic mass is 10.4. The molecule has 0 amide bonds. The SMILES string of the molecule is COC(C)c1noc(C(C)O)n1. The lowest BCUT2D eigenvalue weighted by Gasteiger charge is -2.01. The Bertz CT molecular complexity index is 247. The van der Waals surface area contributed by atoms with E-state index in [9.17, 15) is 0 Å². The van der Waals surface area contributed by atoms with Crippen molar-refractivity contribution in [1.29, 1.82) is 0 Å². The summed E-state index contributed by atoms with van der Waals surface area (Å²) in [4.78, 5) is 3.93. The average Bonchev–Trinajstić information content (AvgIpc) is 2.51. The van der Waals surface area contributed by atoms with Crippen molar-refractivity contribution in [3.8, 4) is 0 Å². The van der Waals surface area contributed by atoms with E-state index in [1.165, 1.54) is 0 Å². The van der Waals surface area contributed by atoms with Crippen LogP contribution < -0.4 is 0 Å². The molecule has 2 unspecified atom stereocenters. The predicted octanol–water partition coefficient (Wildman–Crippen LogP) is 0.830. The van der Waals surface area contributed by atoms with Gasteiger partial charge in [-0.2, -0.15) is 4.98 Å². The molecule has 1 rings (SSSR count). The summed E-state index contributed by atoms with van der Waals surface area (Å²) in [7, 11) is 1.56. The van der Waals surface area contributed by atoms with Crippen molar-refractivity contribution in [3.05, 3.63) is 11.7 Å². The lowest BCUT2D eigenvalue weighted by Crippen LogP contribution is -1.99. The highest BCUT2D eigenvalue weighted by molar-refractivity contribution is 4.91. The summed E-state index contributed by atoms with van der Waals surface area (Å²) in [5, 5.41) is 12.7. The topological polar surface area (TPSA) is 68.4 Å². The van der Waals surface area contributed by atoms with E-state index in [0.29, 0.717) is 5.82 Å². The first kappa shape index (κ1) is 9.15. The van der Waals surface area contributed by atoms with Gasteiger partial charge in [-0.3, -0.25) is 0 Å². The highest BCUT2D eigenvalue weighted by Gasteiger charge is 2.15. The molecule has 12 heavy (non-hydrogen) atoms. The van der Waals surface area contributed by atoms with Gasteiger partial charge < -0.3 is 14.4 Å². The summed E-state index contributed by atoms with van der Waals surface area (Å²) in [6.07, 6.45) is -0.934. The first-order valence-electron chi connectivity index (χ1n) is 3.69. The van der Waals surface area contributed by atoms with Gasteiger partial charge in [0.15, 0.2) is 5.82 Å². The van der Waals surface area contributed by atoms with Crippen molar-refractivity contribution in [2.75, 3.05) is 7.11 Å². The van der Waals surface area contributed by atoms with Crippen LogP contribution in [0.1, 0.15) is 37.8 Å². The Kier molecular flexibility index (Phi) is 2.78. The quantitative estimate of drug-likeness (QED) is 0.731. The van der Waals surface area contributed by atoms with E-state index in [2.05, 4.69) is 10.1 Å². The molecule has 0 fully saturated rings. The number of hydrogen-bond acceptors (Lipinski definition) is 5. The smallest absolute Gasteiger partial charge is 0.255 e. The third-order valence-corrected chi connectivity index (χ3v) is 1.53. The predicted molar refractivity (Wildman–Crippen MR) is 40.4 cm³/mol. The maximum Gasteiger partial charge on any atom is 0.255 e. The minimum absolute atomic E-state index is 0.207. The summed E-state index contributed by atoms with van der Waals surface area (Å²) in [6.45, 7) is 3.37. The van der Waals surface area contributed by atoms with Crippen molar-refractivity contribution in [2.24, 2.45) is 0 Å². The van der Waals surface area contributed by atoms with Crippen LogP contribution in [0.15, 0.2) is 4.52 Å². The van der Waals surface area contributed by atoms with Gasteiger partial charge in [0.1, 0.15) is 12.2 Å². The highest BCUT2D eigenvalue weighted by atomic mass is 16.5. The normalized spacial score (nSPS) is 16.0. The van der Waals surface area contributed by atoms with E-state index in [1.54, 1.807) is 21.0 Å². The number of rotatable bonds is 3. The zero-order valence-electron chi connectivity index (χ0n) is 7.31. The number of aliphatic hydroxyl groups excluding tert-OH is 1. The van der Waals surface area contributed by atoms with Crippen molar-refractivity contribution < 1.29 is 14.4 Å². The zero-order chi connectivity index (χ0) is 9.14. The Morgan fingerprint density at radius 3 is 2.58 bits per heavy atom. The standard InChI is InChI=1S/C7H12N2O3/c1-4(10)7-8-6(9-12-7)5(2)11-3/h4-5,10H,1-3H3. The van der Waals surface area contributed by atoms with E-state index >= 15 is 0 Å². The summed E-state index contributed by atoms with van der Waals surface area (Å²) in [5.74, 6) is 0.669. The van der Waals surface area contributed by atoms with Crippen molar-refractivity contribution in [2.45, 2.75) is 26.1 Å². The maximum atomic E-state index is 9.05. The molecular formula is C7H12N2O3. The van der Waals surface area contributed by atoms with Crippen LogP contribution in [0.4, 0.5) is 0 Å². The van der Waals surface area contributed by atoms with Gasteiger partial charge in [-0.15, -0.1) is 0 Å². The van der Waals surface area contributed by atoms with Crippen LogP contribution >= 0.6 is 0 Å². The van der Waals surface area contributed by atoms with Crippen molar-refractivity contribution >= 4 is 0 Å². The average molecular weight is 172 g/mol. The van der Waals surface area contributed by atoms with Gasteiger partial charge in [-0.25, -0.2) is 0 Å². The van der Waals surface area contributed by atoms with Gasteiger partial charge in [-0.1, -0.05) is 5.16 Å². The highest BCUT2D eigenvalue weighted by Crippen LogP contribution is 2.14. The molecule has 1 heterocycles. The summed E-state index contributed by atoms with van der Waals surface area (Å²) >= 11 is 0. The Labute approximate surface area is 70.3 Å². The lowest BCUT2D eigenvalue weighted by molar-refractivity contribution is 0.109. The Morgan fingerprint density at radius 2 is 2.17 bits per heavy atom. The first-order chi connectivity index (χ1) is 5.65. The van der Waals surface area contributed by atoms with Crippen LogP contribution in [-0.4, -0.2) is 22.4 Å². The fourth-order valence-electron chi connectivity index (χ4n) is 0.687. The van der Waals surface area contributed by atoms with Gasteiger partial charge in [0.2, 0.25) is 0 Å². The molecule has 1 N–H and O–H groups in total. The molecule has 0 saturated carbocycles. The molecule has 68 valence electrons. The second kappa shape index (κ2) is 3.64. The third kappa shape index (κ3) is 1.80. The van der Waals surface area contributed by atoms with Crippen LogP contribution in [0.5, 0.6) is 0 Å². The van der Waals surface area contributed by atoms with E-state index in [0.717, 1.165) is 0 Å². The molecule has 0 aliphatic heterocycles. The summed E-state index contributed by atoms with van der Waals surface area (Å²) < 4.78 is 9.72. The van der Waals surface area contributed by atoms with Crippen LogP contribution in [0.2, 0.25) is 0 Å². The molecule has 0 radical (unpaired) electrons. The number of hydrogen-bond donors (Lipinski definition) is 1. The maximum absolute atomic E-state index is 9.05. The van der Waals surface area contributed by atoms with Crippen molar-refractivity contribution in [1.82, 2.24) is 10.1 Å². The summed E-state index contributed by atoms with van der Waals surface area (Å²) in [5.41, 5.74) is 0. The number of methoxy groups -OCH3 is 1. The molecule has 0 bridgehead atoms. The molecule has 5 heteroatoms. The molecule has 0 aromatic carbocycles. The third-order valence-electron chi connectivity index (χ3n) is 1.53. The molecule has 5 nitrogen and oxygen atoms in total. The molecule has 2 atom stereocenters. The van der Waals surface area contributed by atoms with Gasteiger partial charge in [0, 0.05) is 7.11 Å². The van der Waals surface area contributed by atoms with Gasteiger partial charge >= 0.3 is 0 Å². The second-order valence-electron chi connectivity index (χ2n) is 2.54. The minimum Gasteiger partial charge on any atom is -0.384 e. The van der Waals surface area contributed by atoms with E-state index in [4.69, 9.17) is 14.4 Å². The molecule has 1 aromatic heterocycles. The van der Waals surface area contributed by atoms with E-state index in [-0.39, 0.29) is 12.0 Å². The number of nitrogens with zero attached hydrogens (tertiary/aromatic N) is 2. The number of aromatic nitrogens is 2. The second-order valence-corrected chi connectivity index (χ2v) is 2.54. The number of aliphatic hydroxyl groups is 1. The molecule has 0 aliphatic rings. The Hall–Kier alpha value is -0.940. The molecule has 0 aliphatic carbocycles. The minimum atomic E-state index is -0.727. The summed E-state index contributed by atoms with van der Waals surface area (Å²) in [6, 6.07) is 0. The number of ether oxygens (including phenoxy) is 1. The van der Waals surface area contributed by atoms with E-state index in [1.807, 2.05) is 0 Å². The van der Waals surface area contributed by atoms with Crippen LogP contribution in [0, 0.1) is 0 Å². The molecule has 0 saturated heterocycles. The monoisotopic (exact) mass is 172 g/mol. The van der Waals surface area contributed by atoms with E-state index < -0.39 is 6.10 Å². The van der Waals surface area contributed by atoms with Crippen LogP contribution in [-0.2, 0) is 4.74 Å². The molecule has 1 aromatic rings. The largest absolute Gasteiger partial charge is 0.384 e. The molecule has 0 spiro atoms. The zero-order valence-corrected chi connectivity index (χ0v) is 7.31. The van der Waals surface area contributed by atoms with Gasteiger partial charge in [-0.05, 0) is 13.8 Å². The van der Waals surface area contributed by atoms with Gasteiger partial charge in [0.25, 0.3) is 5.89 Å². The van der Waals surface area contributed by atoms with Crippen LogP contribution in [0.3, 0.4) is 0 Å². The first-order valence-corrected chi connectivity index (χ1v) is 3.69. The fourth-order valence-corrected chi connectivity index (χ4v) is 0.687. The van der Waals surface area contributed by atoms with Crippen molar-refractivity contribution in [3.63, 3.8) is 0 Å². The Morgan fingerprint density at radius 1 is 1.50 bits per heavy atom. The van der Waals surface area contributed by atoms with Gasteiger partial charge in [0.05, 0.1) is 0 Å². The molecular weight excluding hydrogens is 160 g/mol.